The van der Waals surface area contributed by atoms with Crippen LogP contribution in [0, 0.1) is 6.10 Å². The number of allylic oxidation sites excluding steroid dienone is 1. The Bertz CT molecular complexity index is 224. The quantitative estimate of drug-likeness (QED) is 0.598. The monoisotopic (exact) mass is 294 g/mol. The van der Waals surface area contributed by atoms with Gasteiger partial charge in [0.15, 0.2) is 0 Å². The maximum Gasteiger partial charge on any atom is 0.147 e. The molecule has 0 spiro atoms. The van der Waals surface area contributed by atoms with Crippen molar-refractivity contribution in [3.8, 4) is 0 Å². The Balaban J connectivity index is 0. The minimum Gasteiger partial charge on any atom is -1.00 e. The summed E-state index contributed by atoms with van der Waals surface area (Å²) in [5.74, 6) is 0.802. The van der Waals surface area contributed by atoms with Gasteiger partial charge in [-0.1, -0.05) is 6.58 Å². The fourth-order valence-electron chi connectivity index (χ4n) is 0.882. The maximum absolute atomic E-state index is 5.03. The summed E-state index contributed by atoms with van der Waals surface area (Å²) in [5, 5.41) is 0. The van der Waals surface area contributed by atoms with Gasteiger partial charge in [0.2, 0.25) is 0 Å². The number of rotatable bonds is 2. The largest absolute Gasteiger partial charge is 1.00 e. The Labute approximate surface area is 102 Å². The van der Waals surface area contributed by atoms with Crippen LogP contribution in [0.1, 0.15) is 0 Å². The van der Waals surface area contributed by atoms with Crippen LogP contribution < -0.4 is 17.0 Å². The molecule has 13 heavy (non-hydrogen) atoms. The summed E-state index contributed by atoms with van der Waals surface area (Å²) in [6.45, 7) is 3.79. The molecule has 1 radical (unpaired) electrons. The van der Waals surface area contributed by atoms with Crippen LogP contribution >= 0.6 is 0 Å². The molecule has 0 aromatic heterocycles. The van der Waals surface area contributed by atoms with Crippen molar-refractivity contribution in [1.82, 2.24) is 0 Å². The van der Waals surface area contributed by atoms with Gasteiger partial charge in [-0.3, -0.25) is 0 Å². The van der Waals surface area contributed by atoms with Crippen molar-refractivity contribution in [3.63, 3.8) is 0 Å². The molecule has 0 fully saturated rings. The van der Waals surface area contributed by atoms with Crippen LogP contribution in [0.5, 0.6) is 0 Å². The molecule has 0 saturated heterocycles. The van der Waals surface area contributed by atoms with E-state index in [2.05, 4.69) is 6.58 Å². The molecule has 0 amide bonds. The molecule has 0 saturated carbocycles. The van der Waals surface area contributed by atoms with E-state index in [1.165, 1.54) is 0 Å². The predicted octanol–water partition coefficient (Wildman–Crippen LogP) is -1.18. The molecule has 0 aliphatic heterocycles. The summed E-state index contributed by atoms with van der Waals surface area (Å²) in [5.41, 5.74) is 0.840. The maximum atomic E-state index is 5.03. The third-order valence-corrected chi connectivity index (χ3v) is 1.49. The van der Waals surface area contributed by atoms with E-state index in [-0.39, 0.29) is 36.5 Å². The van der Waals surface area contributed by atoms with Crippen molar-refractivity contribution in [1.29, 1.82) is 0 Å². The molecular formula is C9H11BrO2Zn-. The zero-order chi connectivity index (χ0) is 8.27. The zero-order valence-electron chi connectivity index (χ0n) is 7.84. The fraction of sp³-hybridized carbons (Fsp3) is 0.222. The molecule has 0 bridgehead atoms. The Morgan fingerprint density at radius 2 is 1.77 bits per heavy atom. The molecule has 0 N–H and O–H groups in total. The van der Waals surface area contributed by atoms with Gasteiger partial charge >= 0.3 is 0 Å². The molecule has 0 atom stereocenters. The van der Waals surface area contributed by atoms with Gasteiger partial charge in [-0.2, -0.15) is 0 Å². The molecule has 0 aromatic carbocycles. The average molecular weight is 296 g/mol. The summed E-state index contributed by atoms with van der Waals surface area (Å²) < 4.78 is 10.0. The van der Waals surface area contributed by atoms with Crippen molar-refractivity contribution in [2.24, 2.45) is 0 Å². The first-order valence-corrected chi connectivity index (χ1v) is 3.32. The number of methoxy groups -OCH3 is 2. The third kappa shape index (κ3) is 4.21. The zero-order valence-corrected chi connectivity index (χ0v) is 12.4. The third-order valence-electron chi connectivity index (χ3n) is 1.49. The van der Waals surface area contributed by atoms with E-state index < -0.39 is 0 Å². The number of hydrogen-bond donors (Lipinski definition) is 0. The van der Waals surface area contributed by atoms with Crippen molar-refractivity contribution in [3.05, 3.63) is 42.2 Å². The van der Waals surface area contributed by atoms with E-state index >= 15 is 0 Å². The van der Waals surface area contributed by atoms with E-state index in [0.717, 1.165) is 17.4 Å². The molecule has 0 heterocycles. The van der Waals surface area contributed by atoms with Crippen LogP contribution in [0.2, 0.25) is 0 Å². The minimum absolute atomic E-state index is 0. The number of ether oxygens (including phenoxy) is 2. The Hall–Kier alpha value is 0.0834. The first-order chi connectivity index (χ1) is 5.27. The second-order valence-corrected chi connectivity index (χ2v) is 2.18. The molecule has 1 aliphatic rings. The molecule has 1 aliphatic carbocycles. The van der Waals surface area contributed by atoms with E-state index in [0.29, 0.717) is 0 Å². The second-order valence-electron chi connectivity index (χ2n) is 2.18. The normalized spacial score (nSPS) is 15.5. The van der Waals surface area contributed by atoms with Crippen molar-refractivity contribution >= 4 is 0 Å². The molecule has 69 valence electrons. The molecule has 2 nitrogen and oxygen atoms in total. The Kier molecular flexibility index (Phi) is 8.95. The van der Waals surface area contributed by atoms with Crippen molar-refractivity contribution < 1.29 is 45.9 Å². The Morgan fingerprint density at radius 1 is 1.15 bits per heavy atom. The van der Waals surface area contributed by atoms with Crippen LogP contribution in [-0.2, 0) is 29.0 Å². The predicted molar refractivity (Wildman–Crippen MR) is 43.6 cm³/mol. The van der Waals surface area contributed by atoms with Gasteiger partial charge in [-0.15, -0.1) is 0 Å². The summed E-state index contributed by atoms with van der Waals surface area (Å²) in [6.07, 6.45) is 6.29. The summed E-state index contributed by atoms with van der Waals surface area (Å²) in [4.78, 5) is 0. The van der Waals surface area contributed by atoms with Crippen LogP contribution in [0.3, 0.4) is 0 Å². The minimum atomic E-state index is 0. The molecule has 0 unspecified atom stereocenters. The topological polar surface area (TPSA) is 18.5 Å². The van der Waals surface area contributed by atoms with Gasteiger partial charge in [0, 0.05) is 26.6 Å². The van der Waals surface area contributed by atoms with E-state index in [9.17, 15) is 0 Å². The fourth-order valence-corrected chi connectivity index (χ4v) is 0.882. The molecule has 1 rings (SSSR count). The van der Waals surface area contributed by atoms with E-state index in [1.807, 2.05) is 18.2 Å². The SMILES string of the molecule is C=C1C=C(OC)C=C[C]1OC.[Br-].[Zn]. The summed E-state index contributed by atoms with van der Waals surface area (Å²) >= 11 is 0. The number of hydrogen-bond acceptors (Lipinski definition) is 2. The summed E-state index contributed by atoms with van der Waals surface area (Å²) in [6, 6.07) is 0. The van der Waals surface area contributed by atoms with Gasteiger partial charge in [-0.25, -0.2) is 0 Å². The van der Waals surface area contributed by atoms with Gasteiger partial charge < -0.3 is 26.5 Å². The van der Waals surface area contributed by atoms with Gasteiger partial charge in [0.25, 0.3) is 0 Å². The average Bonchev–Trinajstić information content (AvgIpc) is 2.04. The second kappa shape index (κ2) is 7.48. The van der Waals surface area contributed by atoms with Gasteiger partial charge in [0.1, 0.15) is 11.9 Å². The number of halogens is 1. The van der Waals surface area contributed by atoms with Crippen LogP contribution in [0.25, 0.3) is 0 Å². The van der Waals surface area contributed by atoms with Crippen molar-refractivity contribution in [2.75, 3.05) is 14.2 Å². The molecule has 0 aromatic rings. The first kappa shape index (κ1) is 15.6. The van der Waals surface area contributed by atoms with Crippen LogP contribution in [0.15, 0.2) is 36.1 Å². The standard InChI is InChI=1S/C9H11O2.BrH.Zn/c1-7-6-8(10-2)4-5-9(7)11-3;;/h4-6H,1H2,2-3H3;1H;/p-1. The van der Waals surface area contributed by atoms with Crippen LogP contribution in [-0.4, -0.2) is 14.2 Å². The van der Waals surface area contributed by atoms with Gasteiger partial charge in [-0.05, 0) is 23.8 Å². The van der Waals surface area contributed by atoms with E-state index in [1.54, 1.807) is 14.2 Å². The molecule has 4 heteroatoms. The Morgan fingerprint density at radius 3 is 2.15 bits per heavy atom. The molecular weight excluding hydrogens is 285 g/mol. The van der Waals surface area contributed by atoms with Crippen molar-refractivity contribution in [2.45, 2.75) is 0 Å². The smallest absolute Gasteiger partial charge is 0.147 e. The van der Waals surface area contributed by atoms with E-state index in [4.69, 9.17) is 9.47 Å². The van der Waals surface area contributed by atoms with Gasteiger partial charge in [0.05, 0.1) is 7.11 Å². The summed E-state index contributed by atoms with van der Waals surface area (Å²) in [7, 11) is 3.25. The first-order valence-electron chi connectivity index (χ1n) is 3.32. The van der Waals surface area contributed by atoms with Crippen LogP contribution in [0.4, 0.5) is 0 Å².